The van der Waals surface area contributed by atoms with E-state index >= 15 is 0 Å². The van der Waals surface area contributed by atoms with Crippen molar-refractivity contribution in [2.24, 2.45) is 0 Å². The van der Waals surface area contributed by atoms with Gasteiger partial charge in [0.15, 0.2) is 5.82 Å². The van der Waals surface area contributed by atoms with Gasteiger partial charge in [0.1, 0.15) is 0 Å². The lowest BCUT2D eigenvalue weighted by molar-refractivity contribution is 0.252. The highest BCUT2D eigenvalue weighted by molar-refractivity contribution is 7.99. The molecule has 0 radical (unpaired) electrons. The van der Waals surface area contributed by atoms with E-state index in [9.17, 15) is 4.79 Å². The molecule has 2 N–H and O–H groups in total. The summed E-state index contributed by atoms with van der Waals surface area (Å²) in [5.74, 6) is 1.66. The number of hydrogen-bond donors (Lipinski definition) is 2. The summed E-state index contributed by atoms with van der Waals surface area (Å²) in [6, 6.07) is 7.27. The Balaban J connectivity index is 1.44. The van der Waals surface area contributed by atoms with Crippen LogP contribution < -0.4 is 10.6 Å². The Morgan fingerprint density at radius 2 is 2.16 bits per heavy atom. The van der Waals surface area contributed by atoms with E-state index in [1.807, 2.05) is 43.0 Å². The SMILES string of the molecule is Cc1nnnn1-c1cccc(NC(=O)NCCSC2CCCCC2)c1. The van der Waals surface area contributed by atoms with Crippen molar-refractivity contribution < 1.29 is 4.79 Å². The summed E-state index contributed by atoms with van der Waals surface area (Å²) in [4.78, 5) is 12.0. The number of tetrazole rings is 1. The maximum Gasteiger partial charge on any atom is 0.319 e. The summed E-state index contributed by atoms with van der Waals surface area (Å²) in [6.45, 7) is 2.51. The van der Waals surface area contributed by atoms with Gasteiger partial charge in [-0.1, -0.05) is 25.3 Å². The largest absolute Gasteiger partial charge is 0.337 e. The van der Waals surface area contributed by atoms with Gasteiger partial charge in [0, 0.05) is 23.2 Å². The van der Waals surface area contributed by atoms with Gasteiger partial charge in [0.25, 0.3) is 0 Å². The molecule has 1 saturated carbocycles. The number of carbonyl (C=O) groups is 1. The summed E-state index contributed by atoms with van der Waals surface area (Å²) < 4.78 is 1.63. The minimum Gasteiger partial charge on any atom is -0.337 e. The average Bonchev–Trinajstić information content (AvgIpc) is 3.06. The van der Waals surface area contributed by atoms with E-state index < -0.39 is 0 Å². The van der Waals surface area contributed by atoms with E-state index in [0.29, 0.717) is 18.1 Å². The van der Waals surface area contributed by atoms with Gasteiger partial charge < -0.3 is 10.6 Å². The zero-order valence-electron chi connectivity index (χ0n) is 14.4. The predicted octanol–water partition coefficient (Wildman–Crippen LogP) is 3.16. The molecule has 1 aromatic heterocycles. The molecule has 1 fully saturated rings. The lowest BCUT2D eigenvalue weighted by atomic mass is 10.0. The van der Waals surface area contributed by atoms with Crippen molar-refractivity contribution >= 4 is 23.5 Å². The van der Waals surface area contributed by atoms with Crippen LogP contribution in [0.5, 0.6) is 0 Å². The number of benzene rings is 1. The third-order valence-corrected chi connectivity index (χ3v) is 5.65. The summed E-state index contributed by atoms with van der Waals surface area (Å²) in [7, 11) is 0. The van der Waals surface area contributed by atoms with Crippen LogP contribution in [0.3, 0.4) is 0 Å². The number of nitrogens with zero attached hydrogens (tertiary/aromatic N) is 4. The molecule has 0 bridgehead atoms. The number of amides is 2. The third-order valence-electron chi connectivity index (χ3n) is 4.27. The Morgan fingerprint density at radius 1 is 1.32 bits per heavy atom. The van der Waals surface area contributed by atoms with E-state index in [1.54, 1.807) is 4.68 Å². The van der Waals surface area contributed by atoms with Crippen molar-refractivity contribution in [1.82, 2.24) is 25.5 Å². The Hall–Kier alpha value is -2.09. The Kier molecular flexibility index (Phi) is 6.27. The zero-order valence-corrected chi connectivity index (χ0v) is 15.3. The molecule has 0 aliphatic heterocycles. The predicted molar refractivity (Wildman–Crippen MR) is 100 cm³/mol. The molecule has 1 heterocycles. The quantitative estimate of drug-likeness (QED) is 0.773. The van der Waals surface area contributed by atoms with Crippen LogP contribution in [0.1, 0.15) is 37.9 Å². The Morgan fingerprint density at radius 3 is 2.92 bits per heavy atom. The fourth-order valence-corrected chi connectivity index (χ4v) is 4.20. The normalized spacial score (nSPS) is 15.1. The molecular formula is C17H24N6OS. The molecule has 134 valence electrons. The van der Waals surface area contributed by atoms with Crippen molar-refractivity contribution in [1.29, 1.82) is 0 Å². The second kappa shape index (κ2) is 8.84. The molecule has 1 aliphatic carbocycles. The summed E-state index contributed by atoms with van der Waals surface area (Å²) >= 11 is 1.98. The Bertz CT molecular complexity index is 698. The fraction of sp³-hybridized carbons (Fsp3) is 0.529. The molecule has 1 aromatic carbocycles. The van der Waals surface area contributed by atoms with Gasteiger partial charge in [0.05, 0.1) is 5.69 Å². The van der Waals surface area contributed by atoms with Gasteiger partial charge >= 0.3 is 6.03 Å². The van der Waals surface area contributed by atoms with Crippen molar-refractivity contribution in [3.63, 3.8) is 0 Å². The van der Waals surface area contributed by atoms with Crippen molar-refractivity contribution in [3.8, 4) is 5.69 Å². The highest BCUT2D eigenvalue weighted by Crippen LogP contribution is 2.27. The first kappa shape index (κ1) is 17.7. The number of thioether (sulfide) groups is 1. The molecule has 0 atom stereocenters. The van der Waals surface area contributed by atoms with Gasteiger partial charge in [-0.25, -0.2) is 4.79 Å². The molecule has 7 nitrogen and oxygen atoms in total. The van der Waals surface area contributed by atoms with Gasteiger partial charge in [0.2, 0.25) is 0 Å². The van der Waals surface area contributed by atoms with Crippen molar-refractivity contribution in [2.75, 3.05) is 17.6 Å². The first-order chi connectivity index (χ1) is 12.2. The van der Waals surface area contributed by atoms with Crippen LogP contribution in [0.4, 0.5) is 10.5 Å². The second-order valence-electron chi connectivity index (χ2n) is 6.20. The number of urea groups is 1. The molecule has 3 rings (SSSR count). The highest BCUT2D eigenvalue weighted by atomic mass is 32.2. The number of hydrogen-bond acceptors (Lipinski definition) is 5. The molecule has 2 aromatic rings. The number of nitrogens with one attached hydrogen (secondary N) is 2. The van der Waals surface area contributed by atoms with Crippen LogP contribution in [-0.4, -0.2) is 43.8 Å². The van der Waals surface area contributed by atoms with Gasteiger partial charge in [-0.2, -0.15) is 16.4 Å². The van der Waals surface area contributed by atoms with Crippen LogP contribution in [0.15, 0.2) is 24.3 Å². The van der Waals surface area contributed by atoms with Crippen LogP contribution in [0.2, 0.25) is 0 Å². The molecule has 8 heteroatoms. The highest BCUT2D eigenvalue weighted by Gasteiger charge is 2.13. The number of carbonyl (C=O) groups excluding carboxylic acids is 1. The minimum absolute atomic E-state index is 0.185. The van der Waals surface area contributed by atoms with E-state index in [-0.39, 0.29) is 6.03 Å². The first-order valence-corrected chi connectivity index (χ1v) is 9.79. The van der Waals surface area contributed by atoms with Crippen LogP contribution in [0.25, 0.3) is 5.69 Å². The standard InChI is InChI=1S/C17H24N6OS/c1-13-20-21-22-23(13)15-7-5-6-14(12-15)19-17(24)18-10-11-25-16-8-3-2-4-9-16/h5-7,12,16H,2-4,8-11H2,1H3,(H2,18,19,24). The number of aryl methyl sites for hydroxylation is 1. The molecular weight excluding hydrogens is 336 g/mol. The smallest absolute Gasteiger partial charge is 0.319 e. The fourth-order valence-electron chi connectivity index (χ4n) is 2.98. The molecule has 0 unspecified atom stereocenters. The monoisotopic (exact) mass is 360 g/mol. The molecule has 0 saturated heterocycles. The summed E-state index contributed by atoms with van der Waals surface area (Å²) in [5, 5.41) is 18.0. The van der Waals surface area contributed by atoms with E-state index in [0.717, 1.165) is 16.7 Å². The van der Waals surface area contributed by atoms with Gasteiger partial charge in [-0.3, -0.25) is 0 Å². The molecule has 25 heavy (non-hydrogen) atoms. The second-order valence-corrected chi connectivity index (χ2v) is 7.61. The number of anilines is 1. The van der Waals surface area contributed by atoms with Crippen LogP contribution in [-0.2, 0) is 0 Å². The molecule has 2 amide bonds. The third kappa shape index (κ3) is 5.19. The van der Waals surface area contributed by atoms with E-state index in [4.69, 9.17) is 0 Å². The molecule has 0 spiro atoms. The van der Waals surface area contributed by atoms with E-state index in [2.05, 4.69) is 26.2 Å². The summed E-state index contributed by atoms with van der Waals surface area (Å²) in [5.41, 5.74) is 1.53. The minimum atomic E-state index is -0.185. The topological polar surface area (TPSA) is 84.7 Å². The van der Waals surface area contributed by atoms with Crippen LogP contribution >= 0.6 is 11.8 Å². The average molecular weight is 360 g/mol. The van der Waals surface area contributed by atoms with Gasteiger partial charge in [-0.15, -0.1) is 5.10 Å². The summed E-state index contributed by atoms with van der Waals surface area (Å²) in [6.07, 6.45) is 6.72. The first-order valence-electron chi connectivity index (χ1n) is 8.74. The number of aromatic nitrogens is 4. The van der Waals surface area contributed by atoms with Gasteiger partial charge in [-0.05, 0) is 48.4 Å². The lowest BCUT2D eigenvalue weighted by Crippen LogP contribution is -2.31. The number of rotatable bonds is 6. The van der Waals surface area contributed by atoms with E-state index in [1.165, 1.54) is 32.1 Å². The maximum atomic E-state index is 12.0. The maximum absolute atomic E-state index is 12.0. The zero-order chi connectivity index (χ0) is 17.5. The van der Waals surface area contributed by atoms with Crippen molar-refractivity contribution in [3.05, 3.63) is 30.1 Å². The Labute approximate surface area is 151 Å². The molecule has 1 aliphatic rings. The lowest BCUT2D eigenvalue weighted by Gasteiger charge is -2.20. The van der Waals surface area contributed by atoms with Crippen LogP contribution in [0, 0.1) is 6.92 Å². The van der Waals surface area contributed by atoms with Crippen molar-refractivity contribution in [2.45, 2.75) is 44.3 Å².